The van der Waals surface area contributed by atoms with E-state index in [1.807, 2.05) is 26.0 Å². The second-order valence-electron chi connectivity index (χ2n) is 7.82. The average molecular weight is 488 g/mol. The first-order valence-corrected chi connectivity index (χ1v) is 11.2. The second kappa shape index (κ2) is 10.7. The van der Waals surface area contributed by atoms with Crippen LogP contribution in [0.4, 0.5) is 0 Å². The van der Waals surface area contributed by atoms with E-state index in [0.717, 1.165) is 42.8 Å². The normalized spacial score (nSPS) is 18.8. The Morgan fingerprint density at radius 2 is 2.00 bits per heavy atom. The summed E-state index contributed by atoms with van der Waals surface area (Å²) in [6.45, 7) is 9.37. The maximum atomic E-state index is 12.8. The molecule has 1 saturated heterocycles. The molecule has 31 heavy (non-hydrogen) atoms. The van der Waals surface area contributed by atoms with E-state index in [-0.39, 0.29) is 11.8 Å². The molecular formula is C23H30BrN5O2. The first-order valence-electron chi connectivity index (χ1n) is 10.4. The van der Waals surface area contributed by atoms with Gasteiger partial charge in [0.25, 0.3) is 5.91 Å². The number of likely N-dealkylation sites (N-methyl/N-ethyl adjacent to an activating group) is 1. The summed E-state index contributed by atoms with van der Waals surface area (Å²) in [5.41, 5.74) is 3.32. The number of H-pyrrole nitrogens is 1. The van der Waals surface area contributed by atoms with Crippen LogP contribution in [0.1, 0.15) is 19.4 Å². The molecule has 0 bridgehead atoms. The standard InChI is InChI=1S/C23H30BrN5O2/c1-16-20(15-18-6-7-19(24)5-4-8-25-22(18)30)27-17(2)21(16)23(31)26-9-10-29-13-11-28(3)12-14-29/h4-8,15,25,30H,9-14H2,1-3H3,(H,26,31). The summed E-state index contributed by atoms with van der Waals surface area (Å²) < 4.78 is 0.870. The Labute approximate surface area is 192 Å². The van der Waals surface area contributed by atoms with Crippen molar-refractivity contribution >= 4 is 33.6 Å². The quantitative estimate of drug-likeness (QED) is 0.595. The monoisotopic (exact) mass is 487 g/mol. The first-order chi connectivity index (χ1) is 14.8. The third-order valence-electron chi connectivity index (χ3n) is 5.51. The summed E-state index contributed by atoms with van der Waals surface area (Å²) in [6.07, 6.45) is 3.43. The van der Waals surface area contributed by atoms with Crippen molar-refractivity contribution in [2.24, 2.45) is 4.99 Å². The molecule has 2 aliphatic rings. The molecule has 3 rings (SSSR count). The number of carbonyl (C=O) groups excluding carboxylic acids is 1. The van der Waals surface area contributed by atoms with Crippen LogP contribution in [0, 0.1) is 0 Å². The lowest BCUT2D eigenvalue weighted by molar-refractivity contribution is -0.117. The van der Waals surface area contributed by atoms with Crippen molar-refractivity contribution in [2.45, 2.75) is 13.8 Å². The van der Waals surface area contributed by atoms with Crippen LogP contribution in [0.25, 0.3) is 6.08 Å². The third kappa shape index (κ3) is 6.29. The molecule has 0 unspecified atom stereocenters. The van der Waals surface area contributed by atoms with Crippen LogP contribution in [-0.4, -0.2) is 77.8 Å². The number of nitrogens with zero attached hydrogens (tertiary/aromatic N) is 3. The molecule has 3 N–H and O–H groups in total. The maximum Gasteiger partial charge on any atom is 0.253 e. The van der Waals surface area contributed by atoms with Gasteiger partial charge in [-0.05, 0) is 56.8 Å². The predicted molar refractivity (Wildman–Crippen MR) is 129 cm³/mol. The van der Waals surface area contributed by atoms with Crippen LogP contribution in [0.15, 0.2) is 56.8 Å². The summed E-state index contributed by atoms with van der Waals surface area (Å²) in [5, 5.41) is 13.4. The molecular weight excluding hydrogens is 458 g/mol. The molecule has 0 spiro atoms. The Morgan fingerprint density at radius 3 is 2.74 bits per heavy atom. The minimum absolute atomic E-state index is 0.0151. The molecule has 1 fully saturated rings. The van der Waals surface area contributed by atoms with Crippen LogP contribution in [0.5, 0.6) is 5.88 Å². The van der Waals surface area contributed by atoms with E-state index in [9.17, 15) is 9.90 Å². The van der Waals surface area contributed by atoms with Gasteiger partial charge < -0.3 is 20.3 Å². The zero-order chi connectivity index (χ0) is 22.4. The number of aromatic nitrogens is 1. The lowest BCUT2D eigenvalue weighted by Gasteiger charge is -2.32. The van der Waals surface area contributed by atoms with Gasteiger partial charge in [-0.3, -0.25) is 14.7 Å². The van der Waals surface area contributed by atoms with E-state index in [2.05, 4.69) is 48.1 Å². The van der Waals surface area contributed by atoms with Crippen LogP contribution in [0.2, 0.25) is 0 Å². The largest absolute Gasteiger partial charge is 0.494 e. The van der Waals surface area contributed by atoms with E-state index < -0.39 is 0 Å². The SMILES string of the molecule is CC1=NC(=Cc2ccc(Br)ccc[nH]c2O)C(C)=C1C(=O)NCCN1CCN(C)CC1. The molecule has 0 aliphatic carbocycles. The molecule has 0 atom stereocenters. The van der Waals surface area contributed by atoms with E-state index in [1.54, 1.807) is 24.4 Å². The van der Waals surface area contributed by atoms with Crippen LogP contribution in [-0.2, 0) is 4.79 Å². The second-order valence-corrected chi connectivity index (χ2v) is 8.74. The summed E-state index contributed by atoms with van der Waals surface area (Å²) in [5.74, 6) is -0.0902. The number of hydrogen-bond acceptors (Lipinski definition) is 5. The zero-order valence-electron chi connectivity index (χ0n) is 18.3. The van der Waals surface area contributed by atoms with Crippen molar-refractivity contribution in [1.29, 1.82) is 0 Å². The number of aliphatic imine (C=N–C) groups is 1. The molecule has 0 saturated carbocycles. The fourth-order valence-electron chi connectivity index (χ4n) is 3.60. The average Bonchev–Trinajstić information content (AvgIpc) is 3.05. The molecule has 7 nitrogen and oxygen atoms in total. The Balaban J connectivity index is 1.73. The molecule has 1 amide bonds. The Hall–Kier alpha value is -2.42. The fraction of sp³-hybridized carbons (Fsp3) is 0.391. The summed E-state index contributed by atoms with van der Waals surface area (Å²) in [4.78, 5) is 24.9. The molecule has 2 aliphatic heterocycles. The predicted octanol–water partition coefficient (Wildman–Crippen LogP) is 3.10. The molecule has 166 valence electrons. The minimum atomic E-state index is -0.105. The number of halogens is 1. The highest BCUT2D eigenvalue weighted by atomic mass is 79.9. The number of carbonyl (C=O) groups is 1. The molecule has 8 heteroatoms. The highest BCUT2D eigenvalue weighted by molar-refractivity contribution is 9.10. The third-order valence-corrected chi connectivity index (χ3v) is 6.03. The van der Waals surface area contributed by atoms with E-state index in [4.69, 9.17) is 0 Å². The summed E-state index contributed by atoms with van der Waals surface area (Å²) in [6, 6.07) is 7.28. The van der Waals surface area contributed by atoms with Crippen molar-refractivity contribution in [3.05, 3.63) is 57.3 Å². The summed E-state index contributed by atoms with van der Waals surface area (Å²) >= 11 is 3.45. The minimum Gasteiger partial charge on any atom is -0.494 e. The van der Waals surface area contributed by atoms with Gasteiger partial charge in [0.05, 0.1) is 17.0 Å². The van der Waals surface area contributed by atoms with Crippen LogP contribution in [0.3, 0.4) is 0 Å². The number of rotatable bonds is 5. The first kappa shape index (κ1) is 23.2. The number of aromatic amines is 1. The fourth-order valence-corrected chi connectivity index (χ4v) is 3.89. The van der Waals surface area contributed by atoms with Gasteiger partial charge in [0, 0.05) is 55.5 Å². The number of allylic oxidation sites excluding steroid dienone is 1. The van der Waals surface area contributed by atoms with Gasteiger partial charge in [-0.25, -0.2) is 0 Å². The van der Waals surface area contributed by atoms with Crippen molar-refractivity contribution in [3.8, 4) is 5.88 Å². The lowest BCUT2D eigenvalue weighted by atomic mass is 10.0. The van der Waals surface area contributed by atoms with Gasteiger partial charge in [-0.15, -0.1) is 0 Å². The van der Waals surface area contributed by atoms with Crippen molar-refractivity contribution < 1.29 is 9.90 Å². The van der Waals surface area contributed by atoms with Crippen molar-refractivity contribution in [2.75, 3.05) is 46.3 Å². The van der Waals surface area contributed by atoms with Crippen LogP contribution < -0.4 is 5.32 Å². The number of piperazine rings is 1. The van der Waals surface area contributed by atoms with E-state index >= 15 is 0 Å². The van der Waals surface area contributed by atoms with Gasteiger partial charge in [0.2, 0.25) is 0 Å². The van der Waals surface area contributed by atoms with Gasteiger partial charge in [-0.1, -0.05) is 15.9 Å². The highest BCUT2D eigenvalue weighted by Crippen LogP contribution is 2.28. The van der Waals surface area contributed by atoms with Gasteiger partial charge in [0.15, 0.2) is 5.88 Å². The van der Waals surface area contributed by atoms with E-state index in [1.165, 1.54) is 0 Å². The molecule has 1 aromatic heterocycles. The van der Waals surface area contributed by atoms with E-state index in [0.29, 0.717) is 29.1 Å². The van der Waals surface area contributed by atoms with Crippen molar-refractivity contribution in [1.82, 2.24) is 20.1 Å². The molecule has 0 aromatic carbocycles. The lowest BCUT2D eigenvalue weighted by Crippen LogP contribution is -2.47. The van der Waals surface area contributed by atoms with Gasteiger partial charge >= 0.3 is 0 Å². The number of nitrogens with one attached hydrogen (secondary N) is 2. The Morgan fingerprint density at radius 1 is 1.26 bits per heavy atom. The van der Waals surface area contributed by atoms with Gasteiger partial charge in [0.1, 0.15) is 0 Å². The van der Waals surface area contributed by atoms with Gasteiger partial charge in [-0.2, -0.15) is 0 Å². The number of hydrogen-bond donors (Lipinski definition) is 3. The topological polar surface area (TPSA) is 84.0 Å². The Bertz CT molecular complexity index is 970. The molecule has 1 aromatic rings. The van der Waals surface area contributed by atoms with Crippen molar-refractivity contribution in [3.63, 3.8) is 0 Å². The Kier molecular flexibility index (Phi) is 8.06. The maximum absolute atomic E-state index is 12.8. The number of aromatic hydroxyl groups is 1. The zero-order valence-corrected chi connectivity index (χ0v) is 19.9. The number of amides is 1. The van der Waals surface area contributed by atoms with Crippen LogP contribution >= 0.6 is 15.9 Å². The summed E-state index contributed by atoms with van der Waals surface area (Å²) in [7, 11) is 2.13. The molecule has 0 radical (unpaired) electrons. The molecule has 3 heterocycles. The smallest absolute Gasteiger partial charge is 0.253 e. The highest BCUT2D eigenvalue weighted by Gasteiger charge is 2.24.